The van der Waals surface area contributed by atoms with E-state index in [9.17, 15) is 30.3 Å². The number of rotatable bonds is 58. The van der Waals surface area contributed by atoms with E-state index >= 15 is 0 Å². The van der Waals surface area contributed by atoms with Gasteiger partial charge in [-0.2, -0.15) is 0 Å². The van der Waals surface area contributed by atoms with E-state index < -0.39 is 49.5 Å². The number of nitrogens with one attached hydrogen (secondary N) is 1. The van der Waals surface area contributed by atoms with Crippen LogP contribution in [0.3, 0.4) is 0 Å². The summed E-state index contributed by atoms with van der Waals surface area (Å²) in [6, 6.07) is -0.801. The maximum absolute atomic E-state index is 13.1. The maximum atomic E-state index is 13.1. The van der Waals surface area contributed by atoms with Gasteiger partial charge in [0.05, 0.1) is 25.4 Å². The molecule has 0 radical (unpaired) electrons. The monoisotopic (exact) mass is 1050 g/mol. The molecule has 9 heteroatoms. The predicted octanol–water partition coefficient (Wildman–Crippen LogP) is 17.1. The molecule has 0 spiro atoms. The molecule has 1 aliphatic rings. The highest BCUT2D eigenvalue weighted by molar-refractivity contribution is 5.76. The number of aliphatic hydroxyl groups excluding tert-OH is 5. The number of carbonyl (C=O) groups excluding carboxylic acids is 1. The molecular weight excluding hydrogens is 923 g/mol. The number of allylic oxidation sites excluding steroid dienone is 1. The molecule has 0 bridgehead atoms. The van der Waals surface area contributed by atoms with Gasteiger partial charge >= 0.3 is 0 Å². The Labute approximate surface area is 458 Å². The number of ether oxygens (including phenoxy) is 2. The van der Waals surface area contributed by atoms with Gasteiger partial charge in [-0.05, 0) is 19.3 Å². The van der Waals surface area contributed by atoms with Crippen LogP contribution < -0.4 is 5.32 Å². The Morgan fingerprint density at radius 1 is 0.446 bits per heavy atom. The van der Waals surface area contributed by atoms with Crippen LogP contribution in [-0.4, -0.2) is 87.5 Å². The summed E-state index contributed by atoms with van der Waals surface area (Å²) in [5.74, 6) is -0.168. The Kier molecular flexibility index (Phi) is 53.0. The second kappa shape index (κ2) is 55.3. The lowest BCUT2D eigenvalue weighted by Crippen LogP contribution is -2.60. The molecule has 0 aromatic carbocycles. The van der Waals surface area contributed by atoms with E-state index in [1.165, 1.54) is 283 Å². The van der Waals surface area contributed by atoms with Crippen LogP contribution in [-0.2, 0) is 14.3 Å². The molecule has 0 aromatic heterocycles. The number of unbranched alkanes of at least 4 members (excludes halogenated alkanes) is 48. The van der Waals surface area contributed by atoms with Crippen LogP contribution >= 0.6 is 0 Å². The van der Waals surface area contributed by atoms with Gasteiger partial charge in [0.2, 0.25) is 5.91 Å². The molecule has 7 atom stereocenters. The van der Waals surface area contributed by atoms with E-state index in [0.29, 0.717) is 6.42 Å². The Hall–Kier alpha value is -1.07. The third-order valence-electron chi connectivity index (χ3n) is 16.1. The molecule has 0 aromatic rings. The zero-order chi connectivity index (χ0) is 53.6. The summed E-state index contributed by atoms with van der Waals surface area (Å²) in [6.45, 7) is 3.84. The summed E-state index contributed by atoms with van der Waals surface area (Å²) in [5.41, 5.74) is 0. The number of aliphatic hydroxyl groups is 5. The average Bonchev–Trinajstić information content (AvgIpc) is 3.40. The topological polar surface area (TPSA) is 149 Å². The second-order valence-corrected chi connectivity index (χ2v) is 23.3. The maximum Gasteiger partial charge on any atom is 0.220 e. The van der Waals surface area contributed by atoms with Crippen molar-refractivity contribution in [3.05, 3.63) is 12.2 Å². The lowest BCUT2D eigenvalue weighted by atomic mass is 9.99. The summed E-state index contributed by atoms with van der Waals surface area (Å²) >= 11 is 0. The fourth-order valence-corrected chi connectivity index (χ4v) is 10.9. The van der Waals surface area contributed by atoms with E-state index in [1.54, 1.807) is 6.08 Å². The van der Waals surface area contributed by atoms with Crippen molar-refractivity contribution in [3.63, 3.8) is 0 Å². The minimum absolute atomic E-state index is 0.168. The third kappa shape index (κ3) is 43.9. The molecule has 0 aliphatic carbocycles. The van der Waals surface area contributed by atoms with E-state index in [-0.39, 0.29) is 12.5 Å². The molecule has 1 saturated heterocycles. The van der Waals surface area contributed by atoms with E-state index in [2.05, 4.69) is 19.2 Å². The summed E-state index contributed by atoms with van der Waals surface area (Å²) in [4.78, 5) is 13.1. The van der Waals surface area contributed by atoms with Crippen molar-refractivity contribution in [2.24, 2.45) is 0 Å². The first kappa shape index (κ1) is 70.9. The Balaban J connectivity index is 2.14. The van der Waals surface area contributed by atoms with Crippen molar-refractivity contribution in [2.45, 2.75) is 384 Å². The van der Waals surface area contributed by atoms with Crippen LogP contribution in [0.25, 0.3) is 0 Å². The molecule has 74 heavy (non-hydrogen) atoms. The normalized spacial score (nSPS) is 18.9. The number of carbonyl (C=O) groups is 1. The quantitative estimate of drug-likeness (QED) is 0.0261. The SMILES string of the molecule is CCCCCCCCCCCCCCCCCCCCCCC/C=C/C(O)C(COC1OC(CO)C(O)C(O)C1O)NC(=O)CCCCCCCCCCCCCCCCCCCCCCCCCCCCCC. The van der Waals surface area contributed by atoms with Gasteiger partial charge in [-0.25, -0.2) is 0 Å². The molecule has 440 valence electrons. The van der Waals surface area contributed by atoms with Crippen LogP contribution in [0, 0.1) is 0 Å². The molecule has 9 nitrogen and oxygen atoms in total. The van der Waals surface area contributed by atoms with Gasteiger partial charge in [0.25, 0.3) is 0 Å². The lowest BCUT2D eigenvalue weighted by Gasteiger charge is -2.40. The smallest absolute Gasteiger partial charge is 0.220 e. The van der Waals surface area contributed by atoms with Crippen molar-refractivity contribution < 1.29 is 39.8 Å². The van der Waals surface area contributed by atoms with Gasteiger partial charge in [0, 0.05) is 6.42 Å². The summed E-state index contributed by atoms with van der Waals surface area (Å²) in [6.07, 6.45) is 63.0. The summed E-state index contributed by atoms with van der Waals surface area (Å²) in [7, 11) is 0. The third-order valence-corrected chi connectivity index (χ3v) is 16.1. The zero-order valence-electron chi connectivity index (χ0n) is 49.1. The van der Waals surface area contributed by atoms with E-state index in [1.807, 2.05) is 6.08 Å². The molecule has 0 saturated carbocycles. The van der Waals surface area contributed by atoms with E-state index in [0.717, 1.165) is 38.5 Å². The van der Waals surface area contributed by atoms with Gasteiger partial charge in [-0.1, -0.05) is 328 Å². The van der Waals surface area contributed by atoms with Gasteiger partial charge in [0.1, 0.15) is 24.4 Å². The van der Waals surface area contributed by atoms with Gasteiger partial charge in [0.15, 0.2) is 6.29 Å². The van der Waals surface area contributed by atoms with Crippen molar-refractivity contribution in [3.8, 4) is 0 Å². The lowest BCUT2D eigenvalue weighted by molar-refractivity contribution is -0.302. The number of hydrogen-bond acceptors (Lipinski definition) is 8. The highest BCUT2D eigenvalue weighted by atomic mass is 16.7. The van der Waals surface area contributed by atoms with Crippen molar-refractivity contribution >= 4 is 5.91 Å². The number of amides is 1. The predicted molar refractivity (Wildman–Crippen MR) is 314 cm³/mol. The molecule has 1 amide bonds. The first-order valence-electron chi connectivity index (χ1n) is 32.9. The minimum atomic E-state index is -1.56. The van der Waals surface area contributed by atoms with Gasteiger partial charge in [-0.15, -0.1) is 0 Å². The van der Waals surface area contributed by atoms with Crippen LogP contribution in [0.15, 0.2) is 12.2 Å². The van der Waals surface area contributed by atoms with E-state index in [4.69, 9.17) is 9.47 Å². The standard InChI is InChI=1S/C65H127NO8/c1-3-5-7-9-11-13-15-17-19-21-23-25-27-28-29-30-31-33-35-37-39-41-43-45-47-49-51-53-55-61(69)66-58(57-73-65-64(72)63(71)62(70)60(56-67)74-65)59(68)54-52-50-48-46-44-42-40-38-36-34-32-26-24-22-20-18-16-14-12-10-8-6-4-2/h52,54,58-60,62-65,67-68,70-72H,3-51,53,55-57H2,1-2H3,(H,66,69)/b54-52+. The largest absolute Gasteiger partial charge is 0.394 e. The zero-order valence-corrected chi connectivity index (χ0v) is 49.1. The Bertz CT molecular complexity index is 1170. The van der Waals surface area contributed by atoms with Crippen molar-refractivity contribution in [1.29, 1.82) is 0 Å². The van der Waals surface area contributed by atoms with Crippen LogP contribution in [0.2, 0.25) is 0 Å². The van der Waals surface area contributed by atoms with Gasteiger partial charge in [-0.3, -0.25) is 4.79 Å². The average molecular weight is 1050 g/mol. The van der Waals surface area contributed by atoms with Crippen molar-refractivity contribution in [1.82, 2.24) is 5.32 Å². The molecule has 6 N–H and O–H groups in total. The molecule has 1 fully saturated rings. The first-order valence-corrected chi connectivity index (χ1v) is 32.9. The van der Waals surface area contributed by atoms with Crippen LogP contribution in [0.5, 0.6) is 0 Å². The first-order chi connectivity index (χ1) is 36.3. The number of hydrogen-bond donors (Lipinski definition) is 6. The minimum Gasteiger partial charge on any atom is -0.394 e. The highest BCUT2D eigenvalue weighted by Gasteiger charge is 2.44. The fourth-order valence-electron chi connectivity index (χ4n) is 10.9. The van der Waals surface area contributed by atoms with Gasteiger partial charge < -0.3 is 40.3 Å². The molecule has 7 unspecified atom stereocenters. The Morgan fingerprint density at radius 3 is 1.05 bits per heavy atom. The fraction of sp³-hybridized carbons (Fsp3) is 0.954. The molecule has 1 aliphatic heterocycles. The Morgan fingerprint density at radius 2 is 0.743 bits per heavy atom. The molecular formula is C65H127NO8. The highest BCUT2D eigenvalue weighted by Crippen LogP contribution is 2.23. The van der Waals surface area contributed by atoms with Crippen LogP contribution in [0.4, 0.5) is 0 Å². The van der Waals surface area contributed by atoms with Crippen LogP contribution in [0.1, 0.15) is 341 Å². The summed E-state index contributed by atoms with van der Waals surface area (Å²) in [5, 5.41) is 54.7. The summed E-state index contributed by atoms with van der Waals surface area (Å²) < 4.78 is 11.3. The molecule has 1 heterocycles. The molecule has 1 rings (SSSR count). The van der Waals surface area contributed by atoms with Crippen molar-refractivity contribution in [2.75, 3.05) is 13.2 Å². The second-order valence-electron chi connectivity index (χ2n) is 23.3.